The zero-order valence-electron chi connectivity index (χ0n) is 7.25. The molecule has 0 saturated heterocycles. The summed E-state index contributed by atoms with van der Waals surface area (Å²) in [7, 11) is 0. The summed E-state index contributed by atoms with van der Waals surface area (Å²) in [5, 5.41) is 17.8. The van der Waals surface area contributed by atoms with Crippen LogP contribution < -0.4 is 0 Å². The summed E-state index contributed by atoms with van der Waals surface area (Å²) in [5.74, 6) is -2.65. The summed E-state index contributed by atoms with van der Waals surface area (Å²) in [6.45, 7) is 0. The number of carboxylic acids is 1. The normalized spacial score (nSPS) is 10.7. The van der Waals surface area contributed by atoms with Crippen molar-refractivity contribution in [3.8, 4) is 5.75 Å². The van der Waals surface area contributed by atoms with Gasteiger partial charge in [-0.1, -0.05) is 0 Å². The van der Waals surface area contributed by atoms with Gasteiger partial charge in [-0.2, -0.15) is 0 Å². The van der Waals surface area contributed by atoms with Crippen LogP contribution in [0.5, 0.6) is 5.75 Å². The number of hydrogen-bond donors (Lipinski definition) is 2. The molecule has 0 bridgehead atoms. The second kappa shape index (κ2) is 4.39. The fraction of sp³-hybridized carbons (Fsp3) is 0.250. The maximum absolute atomic E-state index is 12.4. The molecule has 82 valence electrons. The van der Waals surface area contributed by atoms with Crippen molar-refractivity contribution in [3.63, 3.8) is 0 Å². The molecule has 1 aromatic rings. The molecule has 1 rings (SSSR count). The molecule has 0 fully saturated rings. The quantitative estimate of drug-likeness (QED) is 0.791. The first-order valence-electron chi connectivity index (χ1n) is 3.77. The van der Waals surface area contributed by atoms with Crippen LogP contribution in [0.1, 0.15) is 28.0 Å². The Bertz CT molecular complexity index is 398. The molecule has 0 aliphatic rings. The maximum Gasteiger partial charge on any atom is 0.339 e. The van der Waals surface area contributed by atoms with E-state index >= 15 is 0 Å². The van der Waals surface area contributed by atoms with Gasteiger partial charge in [-0.05, 0) is 0 Å². The van der Waals surface area contributed by atoms with Crippen molar-refractivity contribution in [3.05, 3.63) is 23.0 Å². The summed E-state index contributed by atoms with van der Waals surface area (Å²) in [6, 6.07) is 0. The number of aromatic nitrogens is 1. The van der Waals surface area contributed by atoms with Crippen molar-refractivity contribution in [1.29, 1.82) is 0 Å². The average molecular weight is 238 g/mol. The van der Waals surface area contributed by atoms with Crippen molar-refractivity contribution in [1.82, 2.24) is 4.98 Å². The molecule has 1 heterocycles. The maximum atomic E-state index is 12.4. The molecule has 1 aromatic heterocycles. The fourth-order valence-corrected chi connectivity index (χ4v) is 1.39. The molecule has 0 aliphatic carbocycles. The van der Waals surface area contributed by atoms with Crippen molar-refractivity contribution in [2.24, 2.45) is 0 Å². The van der Waals surface area contributed by atoms with Gasteiger partial charge in [-0.3, -0.25) is 4.98 Å². The third kappa shape index (κ3) is 2.15. The molecule has 2 N–H and O–H groups in total. The molecular weight excluding hydrogens is 232 g/mol. The number of hydrogen-bond acceptors (Lipinski definition) is 3. The monoisotopic (exact) mass is 237 g/mol. The zero-order chi connectivity index (χ0) is 11.6. The Balaban J connectivity index is 3.47. The third-order valence-corrected chi connectivity index (χ3v) is 2.01. The van der Waals surface area contributed by atoms with Gasteiger partial charge >= 0.3 is 5.97 Å². The van der Waals surface area contributed by atoms with Crippen LogP contribution in [0.25, 0.3) is 0 Å². The van der Waals surface area contributed by atoms with E-state index in [2.05, 4.69) is 4.98 Å². The van der Waals surface area contributed by atoms with Gasteiger partial charge < -0.3 is 10.2 Å². The van der Waals surface area contributed by atoms with E-state index < -0.39 is 35.3 Å². The van der Waals surface area contributed by atoms with Crippen LogP contribution in [0.15, 0.2) is 6.20 Å². The van der Waals surface area contributed by atoms with Gasteiger partial charge in [0.2, 0.25) is 0 Å². The van der Waals surface area contributed by atoms with Crippen LogP contribution in [0.3, 0.4) is 0 Å². The SMILES string of the molecule is O=C(O)c1c(O)cnc(C(F)F)c1CCl. The number of alkyl halides is 3. The number of halogens is 3. The number of carbonyl (C=O) groups is 1. The van der Waals surface area contributed by atoms with Gasteiger partial charge in [-0.15, -0.1) is 11.6 Å². The van der Waals surface area contributed by atoms with E-state index in [0.717, 1.165) is 0 Å². The molecule has 0 aliphatic heterocycles. The average Bonchev–Trinajstić information content (AvgIpc) is 2.15. The molecule has 7 heteroatoms. The van der Waals surface area contributed by atoms with E-state index in [4.69, 9.17) is 21.8 Å². The van der Waals surface area contributed by atoms with E-state index in [1.807, 2.05) is 0 Å². The summed E-state index contributed by atoms with van der Waals surface area (Å²) in [5.41, 5.74) is -1.71. The second-order valence-corrected chi connectivity index (χ2v) is 2.89. The van der Waals surface area contributed by atoms with Gasteiger partial charge in [0, 0.05) is 5.56 Å². The van der Waals surface area contributed by atoms with Crippen LogP contribution in [0.2, 0.25) is 0 Å². The summed E-state index contributed by atoms with van der Waals surface area (Å²) < 4.78 is 24.8. The van der Waals surface area contributed by atoms with Crippen molar-refractivity contribution in [2.75, 3.05) is 0 Å². The number of aromatic hydroxyl groups is 1. The molecule has 0 saturated carbocycles. The van der Waals surface area contributed by atoms with Crippen LogP contribution >= 0.6 is 11.6 Å². The highest BCUT2D eigenvalue weighted by Crippen LogP contribution is 2.29. The Morgan fingerprint density at radius 2 is 2.20 bits per heavy atom. The number of rotatable bonds is 3. The number of carboxylic acid groups (broad SMARTS) is 1. The van der Waals surface area contributed by atoms with Crippen LogP contribution in [0.4, 0.5) is 8.78 Å². The molecule has 4 nitrogen and oxygen atoms in total. The Labute approximate surface area is 88.1 Å². The minimum absolute atomic E-state index is 0.362. The van der Waals surface area contributed by atoms with Gasteiger partial charge in [0.25, 0.3) is 6.43 Å². The lowest BCUT2D eigenvalue weighted by atomic mass is 10.1. The largest absolute Gasteiger partial charge is 0.505 e. The number of aromatic carboxylic acids is 1. The van der Waals surface area contributed by atoms with E-state index in [1.54, 1.807) is 0 Å². The van der Waals surface area contributed by atoms with Gasteiger partial charge in [0.1, 0.15) is 17.0 Å². The summed E-state index contributed by atoms with van der Waals surface area (Å²) in [6.07, 6.45) is -2.27. The Kier molecular flexibility index (Phi) is 3.41. The molecule has 0 aromatic carbocycles. The van der Waals surface area contributed by atoms with Crippen molar-refractivity contribution >= 4 is 17.6 Å². The molecule has 0 amide bonds. The predicted molar refractivity (Wildman–Crippen MR) is 47.4 cm³/mol. The topological polar surface area (TPSA) is 70.4 Å². The first-order valence-corrected chi connectivity index (χ1v) is 4.30. The summed E-state index contributed by atoms with van der Waals surface area (Å²) in [4.78, 5) is 13.9. The first kappa shape index (κ1) is 11.6. The lowest BCUT2D eigenvalue weighted by molar-refractivity contribution is 0.0691. The molecular formula is C8H6ClF2NO3. The van der Waals surface area contributed by atoms with Crippen LogP contribution in [0, 0.1) is 0 Å². The van der Waals surface area contributed by atoms with E-state index in [9.17, 15) is 13.6 Å². The highest BCUT2D eigenvalue weighted by atomic mass is 35.5. The lowest BCUT2D eigenvalue weighted by Crippen LogP contribution is -2.07. The Hall–Kier alpha value is -1.43. The van der Waals surface area contributed by atoms with Crippen molar-refractivity contribution in [2.45, 2.75) is 12.3 Å². The standard InChI is InChI=1S/C8H6ClF2NO3/c9-1-3-5(8(14)15)4(13)2-12-6(3)7(10)11/h2,7,13H,1H2,(H,14,15). The fourth-order valence-electron chi connectivity index (χ4n) is 1.12. The van der Waals surface area contributed by atoms with E-state index in [0.29, 0.717) is 6.20 Å². The molecule has 0 spiro atoms. The Morgan fingerprint density at radius 1 is 1.60 bits per heavy atom. The predicted octanol–water partition coefficient (Wildman–Crippen LogP) is 2.16. The second-order valence-electron chi connectivity index (χ2n) is 2.62. The third-order valence-electron chi connectivity index (χ3n) is 1.75. The van der Waals surface area contributed by atoms with Gasteiger partial charge in [0.05, 0.1) is 12.1 Å². The number of nitrogens with zero attached hydrogens (tertiary/aromatic N) is 1. The first-order chi connectivity index (χ1) is 6.99. The molecule has 0 unspecified atom stereocenters. The van der Waals surface area contributed by atoms with Gasteiger partial charge in [-0.25, -0.2) is 13.6 Å². The molecule has 0 radical (unpaired) electrons. The van der Waals surface area contributed by atoms with Gasteiger partial charge in [0.15, 0.2) is 0 Å². The molecule has 15 heavy (non-hydrogen) atoms. The minimum Gasteiger partial charge on any atom is -0.505 e. The van der Waals surface area contributed by atoms with Crippen LogP contribution in [-0.2, 0) is 5.88 Å². The number of pyridine rings is 1. The van der Waals surface area contributed by atoms with Crippen molar-refractivity contribution < 1.29 is 23.8 Å². The smallest absolute Gasteiger partial charge is 0.339 e. The minimum atomic E-state index is -2.93. The lowest BCUT2D eigenvalue weighted by Gasteiger charge is -2.09. The van der Waals surface area contributed by atoms with E-state index in [1.165, 1.54) is 0 Å². The highest BCUT2D eigenvalue weighted by molar-refractivity contribution is 6.17. The molecule has 0 atom stereocenters. The van der Waals surface area contributed by atoms with E-state index in [-0.39, 0.29) is 5.56 Å². The Morgan fingerprint density at radius 3 is 2.60 bits per heavy atom. The zero-order valence-corrected chi connectivity index (χ0v) is 8.00. The van der Waals surface area contributed by atoms with Crippen LogP contribution in [-0.4, -0.2) is 21.2 Å². The summed E-state index contributed by atoms with van der Waals surface area (Å²) >= 11 is 5.35. The highest BCUT2D eigenvalue weighted by Gasteiger charge is 2.23.